The van der Waals surface area contributed by atoms with Gasteiger partial charge in [0.25, 0.3) is 0 Å². The first-order valence-electron chi connectivity index (χ1n) is 4.37. The van der Waals surface area contributed by atoms with Crippen LogP contribution in [0, 0.1) is 12.3 Å². The van der Waals surface area contributed by atoms with Crippen molar-refractivity contribution < 1.29 is 4.79 Å². The third kappa shape index (κ3) is 1.25. The predicted octanol–water partition coefficient (Wildman–Crippen LogP) is 1.92. The van der Waals surface area contributed by atoms with Gasteiger partial charge in [0.05, 0.1) is 6.42 Å². The van der Waals surface area contributed by atoms with Gasteiger partial charge in [0.2, 0.25) is 0 Å². The van der Waals surface area contributed by atoms with E-state index in [4.69, 9.17) is 6.42 Å². The molecule has 0 amide bonds. The Kier molecular flexibility index (Phi) is 1.90. The molecule has 13 heavy (non-hydrogen) atoms. The smallest absolute Gasteiger partial charge is 0.152 e. The number of hydrogen-bond acceptors (Lipinski definition) is 1. The van der Waals surface area contributed by atoms with Crippen molar-refractivity contribution in [3.63, 3.8) is 0 Å². The highest BCUT2D eigenvalue weighted by Crippen LogP contribution is 2.35. The number of carbonyl (C=O) groups excluding carboxylic acids is 1. The second-order valence-corrected chi connectivity index (χ2v) is 3.30. The highest BCUT2D eigenvalue weighted by molar-refractivity contribution is 5.90. The highest BCUT2D eigenvalue weighted by Gasteiger charge is 2.30. The SMILES string of the molecule is C#CCC(=O)C1Cc2ccccc21. The van der Waals surface area contributed by atoms with Gasteiger partial charge in [-0.2, -0.15) is 0 Å². The molecule has 1 atom stereocenters. The Morgan fingerprint density at radius 3 is 3.00 bits per heavy atom. The van der Waals surface area contributed by atoms with Gasteiger partial charge in [-0.15, -0.1) is 6.42 Å². The first kappa shape index (κ1) is 8.07. The van der Waals surface area contributed by atoms with Gasteiger partial charge in [0, 0.05) is 5.92 Å². The maximum atomic E-state index is 11.4. The number of ketones is 1. The second kappa shape index (κ2) is 3.06. The molecule has 1 heteroatoms. The fourth-order valence-electron chi connectivity index (χ4n) is 1.77. The zero-order valence-corrected chi connectivity index (χ0v) is 7.29. The number of Topliss-reactive ketones (excluding diaryl/α,β-unsaturated/α-hetero) is 1. The Morgan fingerprint density at radius 2 is 2.31 bits per heavy atom. The molecule has 0 aliphatic heterocycles. The van der Waals surface area contributed by atoms with Crippen LogP contribution in [0.15, 0.2) is 24.3 Å². The van der Waals surface area contributed by atoms with E-state index in [1.807, 2.05) is 18.2 Å². The molecule has 0 saturated carbocycles. The van der Waals surface area contributed by atoms with Gasteiger partial charge in [-0.3, -0.25) is 4.79 Å². The van der Waals surface area contributed by atoms with Crippen molar-refractivity contribution in [3.8, 4) is 12.3 Å². The van der Waals surface area contributed by atoms with Crippen LogP contribution in [0.3, 0.4) is 0 Å². The van der Waals surface area contributed by atoms with Crippen LogP contribution in [0.4, 0.5) is 0 Å². The second-order valence-electron chi connectivity index (χ2n) is 3.30. The van der Waals surface area contributed by atoms with Crippen LogP contribution < -0.4 is 0 Å². The van der Waals surface area contributed by atoms with E-state index in [2.05, 4.69) is 12.0 Å². The summed E-state index contributed by atoms with van der Waals surface area (Å²) in [6, 6.07) is 8.04. The maximum Gasteiger partial charge on any atom is 0.152 e. The largest absolute Gasteiger partial charge is 0.298 e. The summed E-state index contributed by atoms with van der Waals surface area (Å²) in [6.07, 6.45) is 6.23. The normalized spacial score (nSPS) is 18.2. The molecule has 0 N–H and O–H groups in total. The highest BCUT2D eigenvalue weighted by atomic mass is 16.1. The Hall–Kier alpha value is -1.55. The number of rotatable bonds is 2. The van der Waals surface area contributed by atoms with Crippen LogP contribution in [-0.4, -0.2) is 5.78 Å². The fourth-order valence-corrected chi connectivity index (χ4v) is 1.77. The minimum absolute atomic E-state index is 0.0762. The molecule has 1 aliphatic rings. The van der Waals surface area contributed by atoms with E-state index in [0.29, 0.717) is 0 Å². The zero-order chi connectivity index (χ0) is 9.26. The molecule has 0 aromatic heterocycles. The molecular weight excluding hydrogens is 160 g/mol. The van der Waals surface area contributed by atoms with E-state index >= 15 is 0 Å². The Bertz CT molecular complexity index is 384. The molecule has 2 rings (SSSR count). The van der Waals surface area contributed by atoms with Crippen molar-refractivity contribution in [2.75, 3.05) is 0 Å². The number of fused-ring (bicyclic) bond motifs is 1. The van der Waals surface area contributed by atoms with Crippen molar-refractivity contribution in [1.29, 1.82) is 0 Å². The summed E-state index contributed by atoms with van der Waals surface area (Å²) >= 11 is 0. The van der Waals surface area contributed by atoms with E-state index in [1.54, 1.807) is 0 Å². The predicted molar refractivity (Wildman–Crippen MR) is 51.3 cm³/mol. The summed E-state index contributed by atoms with van der Waals surface area (Å²) in [6.45, 7) is 0. The molecule has 1 aromatic carbocycles. The van der Waals surface area contributed by atoms with Gasteiger partial charge in [-0.25, -0.2) is 0 Å². The average Bonchev–Trinajstić information content (AvgIpc) is 2.07. The fraction of sp³-hybridized carbons (Fsp3) is 0.250. The van der Waals surface area contributed by atoms with Gasteiger partial charge >= 0.3 is 0 Å². The number of hydrogen-bond donors (Lipinski definition) is 0. The number of benzene rings is 1. The summed E-state index contributed by atoms with van der Waals surface area (Å²) < 4.78 is 0. The lowest BCUT2D eigenvalue weighted by Gasteiger charge is -2.28. The third-order valence-corrected chi connectivity index (χ3v) is 2.52. The molecule has 0 saturated heterocycles. The molecule has 0 fully saturated rings. The minimum Gasteiger partial charge on any atom is -0.298 e. The van der Waals surface area contributed by atoms with Crippen LogP contribution in [0.5, 0.6) is 0 Å². The molecule has 64 valence electrons. The van der Waals surface area contributed by atoms with Gasteiger partial charge in [-0.05, 0) is 17.5 Å². The molecule has 0 spiro atoms. The van der Waals surface area contributed by atoms with Crippen molar-refractivity contribution >= 4 is 5.78 Å². The first-order valence-corrected chi connectivity index (χ1v) is 4.37. The third-order valence-electron chi connectivity index (χ3n) is 2.52. The quantitative estimate of drug-likeness (QED) is 0.620. The van der Waals surface area contributed by atoms with Crippen molar-refractivity contribution in [2.24, 2.45) is 0 Å². The zero-order valence-electron chi connectivity index (χ0n) is 7.29. The van der Waals surface area contributed by atoms with Gasteiger partial charge < -0.3 is 0 Å². The molecule has 1 nitrogen and oxygen atoms in total. The van der Waals surface area contributed by atoms with E-state index in [-0.39, 0.29) is 18.1 Å². The van der Waals surface area contributed by atoms with E-state index in [0.717, 1.165) is 6.42 Å². The van der Waals surface area contributed by atoms with Crippen LogP contribution in [0.1, 0.15) is 23.5 Å². The average molecular weight is 170 g/mol. The van der Waals surface area contributed by atoms with Crippen LogP contribution in [0.2, 0.25) is 0 Å². The van der Waals surface area contributed by atoms with Crippen molar-refractivity contribution in [2.45, 2.75) is 18.8 Å². The minimum atomic E-state index is 0.0762. The number of terminal acetylenes is 1. The van der Waals surface area contributed by atoms with E-state index in [9.17, 15) is 4.79 Å². The van der Waals surface area contributed by atoms with Gasteiger partial charge in [0.15, 0.2) is 5.78 Å². The molecule has 1 aromatic rings. The lowest BCUT2D eigenvalue weighted by molar-refractivity contribution is -0.120. The summed E-state index contributed by atoms with van der Waals surface area (Å²) in [7, 11) is 0. The molecule has 0 heterocycles. The van der Waals surface area contributed by atoms with Crippen LogP contribution >= 0.6 is 0 Å². The standard InChI is InChI=1S/C12H10O/c1-2-5-12(13)11-8-9-6-3-4-7-10(9)11/h1,3-4,6-7,11H,5,8H2. The summed E-state index contributed by atoms with van der Waals surface area (Å²) in [5, 5.41) is 0. The molecule has 0 radical (unpaired) electrons. The Balaban J connectivity index is 2.18. The van der Waals surface area contributed by atoms with E-state index < -0.39 is 0 Å². The topological polar surface area (TPSA) is 17.1 Å². The lowest BCUT2D eigenvalue weighted by atomic mass is 9.75. The maximum absolute atomic E-state index is 11.4. The molecule has 1 unspecified atom stereocenters. The molecular formula is C12H10O. The Morgan fingerprint density at radius 1 is 1.54 bits per heavy atom. The van der Waals surface area contributed by atoms with Crippen LogP contribution in [0.25, 0.3) is 0 Å². The van der Waals surface area contributed by atoms with Gasteiger partial charge in [-0.1, -0.05) is 30.2 Å². The van der Waals surface area contributed by atoms with Crippen molar-refractivity contribution in [3.05, 3.63) is 35.4 Å². The van der Waals surface area contributed by atoms with Crippen LogP contribution in [-0.2, 0) is 11.2 Å². The lowest BCUT2D eigenvalue weighted by Crippen LogP contribution is -2.24. The molecule has 1 aliphatic carbocycles. The monoisotopic (exact) mass is 170 g/mol. The van der Waals surface area contributed by atoms with Gasteiger partial charge in [0.1, 0.15) is 0 Å². The Labute approximate surface area is 77.8 Å². The summed E-state index contributed by atoms with van der Waals surface area (Å²) in [5.41, 5.74) is 2.46. The first-order chi connectivity index (χ1) is 6.33. The van der Waals surface area contributed by atoms with Crippen molar-refractivity contribution in [1.82, 2.24) is 0 Å². The summed E-state index contributed by atoms with van der Waals surface area (Å²) in [5.74, 6) is 2.66. The number of carbonyl (C=O) groups is 1. The summed E-state index contributed by atoms with van der Waals surface area (Å²) in [4.78, 5) is 11.4. The van der Waals surface area contributed by atoms with E-state index in [1.165, 1.54) is 11.1 Å². The molecule has 0 bridgehead atoms.